The molecule has 0 radical (unpaired) electrons. The van der Waals surface area contributed by atoms with Gasteiger partial charge in [-0.3, -0.25) is 0 Å². The Morgan fingerprint density at radius 1 is 1.14 bits per heavy atom. The molecule has 0 atom stereocenters. The minimum atomic E-state index is -6.01. The van der Waals surface area contributed by atoms with Crippen molar-refractivity contribution >= 4 is 15.8 Å². The first-order chi connectivity index (χ1) is 9.21. The summed E-state index contributed by atoms with van der Waals surface area (Å²) < 4.78 is 87.2. The molecule has 4 nitrogen and oxygen atoms in total. The zero-order valence-corrected chi connectivity index (χ0v) is 11.4. The van der Waals surface area contributed by atoms with Crippen LogP contribution in [0.25, 0.3) is 0 Å². The summed E-state index contributed by atoms with van der Waals surface area (Å²) >= 11 is 0. The lowest BCUT2D eigenvalue weighted by Crippen LogP contribution is -2.35. The molecular formula is C11H9F5O4S. The summed E-state index contributed by atoms with van der Waals surface area (Å²) in [5.74, 6) is -7.06. The molecule has 118 valence electrons. The van der Waals surface area contributed by atoms with Gasteiger partial charge in [-0.05, 0) is 18.6 Å². The molecule has 1 rings (SSSR count). The van der Waals surface area contributed by atoms with Gasteiger partial charge in [0.2, 0.25) is 0 Å². The second-order valence-corrected chi connectivity index (χ2v) is 6.22. The molecule has 1 aromatic carbocycles. The SMILES string of the molecule is Cc1c(C(=O)O)ccc(C(F)(F)C(F)(F)F)c1S(C)(=O)=O. The van der Waals surface area contributed by atoms with E-state index in [4.69, 9.17) is 5.11 Å². The number of hydrogen-bond donors (Lipinski definition) is 1. The lowest BCUT2D eigenvalue weighted by Gasteiger charge is -2.23. The van der Waals surface area contributed by atoms with Crippen LogP contribution >= 0.6 is 0 Å². The van der Waals surface area contributed by atoms with Crippen molar-refractivity contribution in [2.24, 2.45) is 0 Å². The minimum Gasteiger partial charge on any atom is -0.478 e. The lowest BCUT2D eigenvalue weighted by atomic mass is 10.0. The largest absolute Gasteiger partial charge is 0.478 e. The molecule has 0 aliphatic carbocycles. The third kappa shape index (κ3) is 2.99. The highest BCUT2D eigenvalue weighted by molar-refractivity contribution is 7.90. The number of carboxylic acid groups (broad SMARTS) is 1. The molecule has 0 unspecified atom stereocenters. The average Bonchev–Trinajstić information content (AvgIpc) is 2.24. The van der Waals surface area contributed by atoms with Crippen LogP contribution in [0.4, 0.5) is 22.0 Å². The molecule has 0 bridgehead atoms. The van der Waals surface area contributed by atoms with Crippen LogP contribution in [0.5, 0.6) is 0 Å². The van der Waals surface area contributed by atoms with E-state index in [2.05, 4.69) is 0 Å². The molecular weight excluding hydrogens is 323 g/mol. The van der Waals surface area contributed by atoms with Gasteiger partial charge < -0.3 is 5.11 Å². The quantitative estimate of drug-likeness (QED) is 0.864. The molecule has 0 aliphatic rings. The van der Waals surface area contributed by atoms with E-state index in [0.29, 0.717) is 12.3 Å². The van der Waals surface area contributed by atoms with E-state index in [0.717, 1.165) is 6.92 Å². The molecule has 21 heavy (non-hydrogen) atoms. The number of alkyl halides is 5. The molecule has 0 saturated carbocycles. The van der Waals surface area contributed by atoms with Crippen LogP contribution in [0.1, 0.15) is 21.5 Å². The van der Waals surface area contributed by atoms with Crippen LogP contribution in [-0.4, -0.2) is 31.9 Å². The van der Waals surface area contributed by atoms with Crippen molar-refractivity contribution in [1.82, 2.24) is 0 Å². The Kier molecular flexibility index (Phi) is 4.07. The third-order valence-electron chi connectivity index (χ3n) is 2.70. The summed E-state index contributed by atoms with van der Waals surface area (Å²) in [5, 5.41) is 8.80. The van der Waals surface area contributed by atoms with Crippen molar-refractivity contribution in [2.75, 3.05) is 6.26 Å². The molecule has 0 saturated heterocycles. The summed E-state index contributed by atoms with van der Waals surface area (Å²) in [6.07, 6.45) is -5.58. The second-order valence-electron chi connectivity index (χ2n) is 4.26. The minimum absolute atomic E-state index is 0.167. The Bertz CT molecular complexity index is 691. The summed E-state index contributed by atoms with van der Waals surface area (Å²) in [5.41, 5.74) is -3.14. The van der Waals surface area contributed by atoms with Gasteiger partial charge in [0.05, 0.1) is 10.5 Å². The van der Waals surface area contributed by atoms with Crippen LogP contribution in [0.2, 0.25) is 0 Å². The van der Waals surface area contributed by atoms with E-state index in [1.54, 1.807) is 0 Å². The number of rotatable bonds is 3. The highest BCUT2D eigenvalue weighted by atomic mass is 32.2. The Morgan fingerprint density at radius 3 is 1.95 bits per heavy atom. The molecule has 1 N–H and O–H groups in total. The van der Waals surface area contributed by atoms with Gasteiger partial charge in [0, 0.05) is 11.8 Å². The molecule has 1 aromatic rings. The van der Waals surface area contributed by atoms with E-state index in [1.165, 1.54) is 0 Å². The lowest BCUT2D eigenvalue weighted by molar-refractivity contribution is -0.290. The molecule has 10 heteroatoms. The van der Waals surface area contributed by atoms with E-state index in [1.807, 2.05) is 0 Å². The fourth-order valence-electron chi connectivity index (χ4n) is 1.80. The molecule has 0 aromatic heterocycles. The predicted molar refractivity (Wildman–Crippen MR) is 61.2 cm³/mol. The Balaban J connectivity index is 3.87. The summed E-state index contributed by atoms with van der Waals surface area (Å²) in [6.45, 7) is 0.857. The van der Waals surface area contributed by atoms with Crippen LogP contribution in [0, 0.1) is 6.92 Å². The molecule has 0 aliphatic heterocycles. The number of hydrogen-bond acceptors (Lipinski definition) is 3. The van der Waals surface area contributed by atoms with E-state index >= 15 is 0 Å². The highest BCUT2D eigenvalue weighted by Gasteiger charge is 2.60. The fraction of sp³-hybridized carbons (Fsp3) is 0.364. The maximum absolute atomic E-state index is 13.4. The van der Waals surface area contributed by atoms with Gasteiger partial charge in [0.1, 0.15) is 0 Å². The number of carboxylic acids is 1. The van der Waals surface area contributed by atoms with Crippen LogP contribution in [0.3, 0.4) is 0 Å². The van der Waals surface area contributed by atoms with E-state index < -0.39 is 49.5 Å². The Hall–Kier alpha value is -1.71. The van der Waals surface area contributed by atoms with Crippen molar-refractivity contribution in [3.05, 3.63) is 28.8 Å². The zero-order valence-electron chi connectivity index (χ0n) is 10.6. The Labute approximate surface area is 116 Å². The van der Waals surface area contributed by atoms with Gasteiger partial charge in [-0.1, -0.05) is 6.07 Å². The fourth-order valence-corrected chi connectivity index (χ4v) is 3.06. The van der Waals surface area contributed by atoms with Gasteiger partial charge in [0.15, 0.2) is 9.84 Å². The molecule has 0 amide bonds. The monoisotopic (exact) mass is 332 g/mol. The third-order valence-corrected chi connectivity index (χ3v) is 3.97. The van der Waals surface area contributed by atoms with Crippen LogP contribution in [0.15, 0.2) is 17.0 Å². The van der Waals surface area contributed by atoms with E-state index in [-0.39, 0.29) is 6.07 Å². The number of benzene rings is 1. The van der Waals surface area contributed by atoms with Gasteiger partial charge in [-0.15, -0.1) is 0 Å². The topological polar surface area (TPSA) is 71.4 Å². The van der Waals surface area contributed by atoms with Gasteiger partial charge >= 0.3 is 18.1 Å². The number of carbonyl (C=O) groups is 1. The number of aromatic carboxylic acids is 1. The van der Waals surface area contributed by atoms with Crippen molar-refractivity contribution in [2.45, 2.75) is 23.9 Å². The molecule has 0 spiro atoms. The normalized spacial score (nSPS) is 13.3. The van der Waals surface area contributed by atoms with Gasteiger partial charge in [-0.25, -0.2) is 13.2 Å². The number of sulfone groups is 1. The Morgan fingerprint density at radius 2 is 1.62 bits per heavy atom. The van der Waals surface area contributed by atoms with Crippen LogP contribution in [-0.2, 0) is 15.8 Å². The first-order valence-corrected chi connectivity index (χ1v) is 7.12. The summed E-state index contributed by atoms with van der Waals surface area (Å²) in [7, 11) is -4.51. The molecule has 0 heterocycles. The first-order valence-electron chi connectivity index (χ1n) is 5.23. The van der Waals surface area contributed by atoms with Crippen molar-refractivity contribution < 1.29 is 40.3 Å². The first kappa shape index (κ1) is 17.3. The van der Waals surface area contributed by atoms with Crippen molar-refractivity contribution in [1.29, 1.82) is 0 Å². The summed E-state index contributed by atoms with van der Waals surface area (Å²) in [6, 6.07) is 0.682. The number of halogens is 5. The maximum atomic E-state index is 13.4. The smallest absolute Gasteiger partial charge is 0.458 e. The maximum Gasteiger partial charge on any atom is 0.458 e. The van der Waals surface area contributed by atoms with Crippen LogP contribution < -0.4 is 0 Å². The zero-order chi connectivity index (χ0) is 16.8. The summed E-state index contributed by atoms with van der Waals surface area (Å²) in [4.78, 5) is 9.53. The average molecular weight is 332 g/mol. The van der Waals surface area contributed by atoms with Gasteiger partial charge in [0.25, 0.3) is 0 Å². The molecule has 0 fully saturated rings. The predicted octanol–water partition coefficient (Wildman–Crippen LogP) is 2.75. The van der Waals surface area contributed by atoms with E-state index in [9.17, 15) is 35.2 Å². The van der Waals surface area contributed by atoms with Crippen molar-refractivity contribution in [3.63, 3.8) is 0 Å². The van der Waals surface area contributed by atoms with Gasteiger partial charge in [-0.2, -0.15) is 22.0 Å². The standard InChI is InChI=1S/C11H9F5O4S/c1-5-6(9(17)18)3-4-7(8(5)21(2,19)20)10(12,13)11(14,15)16/h3-4H,1-2H3,(H,17,18). The highest BCUT2D eigenvalue weighted by Crippen LogP contribution is 2.46. The van der Waals surface area contributed by atoms with Crippen molar-refractivity contribution in [3.8, 4) is 0 Å². The second kappa shape index (κ2) is 4.93.